The largest absolute Gasteiger partial charge is 0.465 e. The molecule has 0 aromatic carbocycles. The summed E-state index contributed by atoms with van der Waals surface area (Å²) in [5.74, 6) is 0. The Morgan fingerprint density at radius 3 is 2.77 bits per heavy atom. The Balaban J connectivity index is 1.94. The fraction of sp³-hybridized carbons (Fsp3) is 0.562. The molecule has 22 heavy (non-hydrogen) atoms. The molecule has 6 heteroatoms. The molecule has 1 amide bonds. The molecule has 0 unspecified atom stereocenters. The lowest BCUT2D eigenvalue weighted by Gasteiger charge is -2.33. The van der Waals surface area contributed by atoms with Crippen LogP contribution in [0.1, 0.15) is 34.1 Å². The molecule has 122 valence electrons. The van der Waals surface area contributed by atoms with Gasteiger partial charge in [-0.25, -0.2) is 4.79 Å². The minimum atomic E-state index is -0.465. The minimum absolute atomic E-state index is 0.0223. The molecule has 0 aromatic heterocycles. The molecule has 0 N–H and O–H groups in total. The normalized spacial score (nSPS) is 22.5. The van der Waals surface area contributed by atoms with Crippen molar-refractivity contribution in [3.63, 3.8) is 0 Å². The second kappa shape index (κ2) is 6.69. The highest BCUT2D eigenvalue weighted by atomic mass is 32.1. The van der Waals surface area contributed by atoms with Crippen LogP contribution in [-0.2, 0) is 9.47 Å². The summed E-state index contributed by atoms with van der Waals surface area (Å²) in [6.07, 6.45) is 8.49. The number of rotatable bonds is 2. The standard InChI is InChI=1S/C16H24N2O3S/c1-12-9-13(5-7-17-10-14(22)20-11-17)6-8-18(12)15(19)21-16(2,3)4/h5,7,9-10,12,22H,6,8,11H2,1-4H3/b7-5+/t12-/m1/s1. The molecule has 0 saturated carbocycles. The fourth-order valence-electron chi connectivity index (χ4n) is 2.29. The minimum Gasteiger partial charge on any atom is -0.465 e. The average Bonchev–Trinajstić information content (AvgIpc) is 2.80. The van der Waals surface area contributed by atoms with E-state index in [-0.39, 0.29) is 12.1 Å². The van der Waals surface area contributed by atoms with Crippen molar-refractivity contribution in [1.29, 1.82) is 0 Å². The van der Waals surface area contributed by atoms with Crippen molar-refractivity contribution in [3.05, 3.63) is 35.2 Å². The number of thiol groups is 1. The number of ether oxygens (including phenoxy) is 2. The molecular weight excluding hydrogens is 300 g/mol. The van der Waals surface area contributed by atoms with Crippen molar-refractivity contribution in [2.24, 2.45) is 0 Å². The van der Waals surface area contributed by atoms with E-state index in [1.165, 1.54) is 5.57 Å². The third kappa shape index (κ3) is 4.73. The van der Waals surface area contributed by atoms with Crippen LogP contribution in [0.25, 0.3) is 0 Å². The Morgan fingerprint density at radius 1 is 1.50 bits per heavy atom. The summed E-state index contributed by atoms with van der Waals surface area (Å²) in [5, 5.41) is 0.617. The molecule has 0 aliphatic carbocycles. The maximum atomic E-state index is 12.1. The van der Waals surface area contributed by atoms with Crippen molar-refractivity contribution in [1.82, 2.24) is 9.80 Å². The van der Waals surface area contributed by atoms with E-state index in [4.69, 9.17) is 9.47 Å². The first-order chi connectivity index (χ1) is 10.2. The van der Waals surface area contributed by atoms with Crippen LogP contribution in [0.5, 0.6) is 0 Å². The number of hydrogen-bond acceptors (Lipinski definition) is 5. The molecule has 0 spiro atoms. The van der Waals surface area contributed by atoms with Crippen molar-refractivity contribution >= 4 is 18.7 Å². The van der Waals surface area contributed by atoms with E-state index in [1.807, 2.05) is 45.0 Å². The molecule has 2 heterocycles. The van der Waals surface area contributed by atoms with E-state index < -0.39 is 5.60 Å². The summed E-state index contributed by atoms with van der Waals surface area (Å²) >= 11 is 4.14. The van der Waals surface area contributed by atoms with E-state index in [9.17, 15) is 4.79 Å². The highest BCUT2D eigenvalue weighted by Crippen LogP contribution is 2.21. The van der Waals surface area contributed by atoms with Crippen LogP contribution in [-0.4, -0.2) is 40.8 Å². The van der Waals surface area contributed by atoms with E-state index >= 15 is 0 Å². The van der Waals surface area contributed by atoms with Gasteiger partial charge in [0.25, 0.3) is 0 Å². The van der Waals surface area contributed by atoms with Gasteiger partial charge in [0.2, 0.25) is 0 Å². The monoisotopic (exact) mass is 324 g/mol. The zero-order valence-electron chi connectivity index (χ0n) is 13.6. The maximum Gasteiger partial charge on any atom is 0.410 e. The van der Waals surface area contributed by atoms with Gasteiger partial charge in [0.1, 0.15) is 5.60 Å². The molecule has 1 atom stereocenters. The van der Waals surface area contributed by atoms with Crippen LogP contribution >= 0.6 is 12.6 Å². The Bertz CT molecular complexity index is 520. The fourth-order valence-corrected chi connectivity index (χ4v) is 2.49. The number of hydrogen-bond donors (Lipinski definition) is 1. The quantitative estimate of drug-likeness (QED) is 0.790. The topological polar surface area (TPSA) is 42.0 Å². The SMILES string of the molecule is C[C@@H]1C=C(/C=C/N2C=C(S)OC2)CCN1C(=O)OC(C)(C)C. The summed E-state index contributed by atoms with van der Waals surface area (Å²) in [5.41, 5.74) is 0.737. The molecule has 0 fully saturated rings. The molecule has 2 aliphatic rings. The second-order valence-corrected chi connectivity index (χ2v) is 6.92. The Labute approximate surface area is 137 Å². The van der Waals surface area contributed by atoms with Gasteiger partial charge in [-0.05, 0) is 45.8 Å². The van der Waals surface area contributed by atoms with Crippen LogP contribution in [0.15, 0.2) is 35.2 Å². The van der Waals surface area contributed by atoms with Crippen molar-refractivity contribution < 1.29 is 14.3 Å². The lowest BCUT2D eigenvalue weighted by atomic mass is 10.0. The first-order valence-corrected chi connectivity index (χ1v) is 7.87. The van der Waals surface area contributed by atoms with Gasteiger partial charge in [-0.2, -0.15) is 0 Å². The lowest BCUT2D eigenvalue weighted by molar-refractivity contribution is 0.0204. The average molecular weight is 324 g/mol. The van der Waals surface area contributed by atoms with Crippen molar-refractivity contribution in [2.45, 2.75) is 45.8 Å². The smallest absolute Gasteiger partial charge is 0.410 e. The van der Waals surface area contributed by atoms with E-state index in [0.29, 0.717) is 18.4 Å². The predicted octanol–water partition coefficient (Wildman–Crippen LogP) is 3.47. The molecular formula is C16H24N2O3S. The summed E-state index contributed by atoms with van der Waals surface area (Å²) < 4.78 is 10.7. The van der Waals surface area contributed by atoms with Gasteiger partial charge in [0, 0.05) is 12.7 Å². The van der Waals surface area contributed by atoms with Gasteiger partial charge in [-0.3, -0.25) is 0 Å². The zero-order valence-corrected chi connectivity index (χ0v) is 14.5. The summed E-state index contributed by atoms with van der Waals surface area (Å²) in [6, 6.07) is 0.0223. The van der Waals surface area contributed by atoms with Crippen LogP contribution in [0, 0.1) is 0 Å². The molecule has 2 rings (SSSR count). The molecule has 5 nitrogen and oxygen atoms in total. The van der Waals surface area contributed by atoms with E-state index in [1.54, 1.807) is 4.90 Å². The number of carbonyl (C=O) groups excluding carboxylic acids is 1. The third-order valence-corrected chi connectivity index (χ3v) is 3.58. The van der Waals surface area contributed by atoms with E-state index in [0.717, 1.165) is 6.42 Å². The number of nitrogens with zero attached hydrogens (tertiary/aromatic N) is 2. The second-order valence-electron chi connectivity index (χ2n) is 6.48. The summed E-state index contributed by atoms with van der Waals surface area (Å²) in [4.78, 5) is 15.8. The molecule has 0 bridgehead atoms. The van der Waals surface area contributed by atoms with Crippen LogP contribution in [0.4, 0.5) is 4.79 Å². The Hall–Kier alpha value is -1.56. The Kier molecular flexibility index (Phi) is 5.11. The molecule has 2 aliphatic heterocycles. The first-order valence-electron chi connectivity index (χ1n) is 7.42. The number of carbonyl (C=O) groups is 1. The van der Waals surface area contributed by atoms with Crippen LogP contribution in [0.2, 0.25) is 0 Å². The molecule has 0 radical (unpaired) electrons. The van der Waals surface area contributed by atoms with E-state index in [2.05, 4.69) is 24.8 Å². The van der Waals surface area contributed by atoms with Crippen LogP contribution < -0.4 is 0 Å². The molecule has 0 aromatic rings. The van der Waals surface area contributed by atoms with Gasteiger partial charge >= 0.3 is 6.09 Å². The van der Waals surface area contributed by atoms with Crippen LogP contribution in [0.3, 0.4) is 0 Å². The highest BCUT2D eigenvalue weighted by Gasteiger charge is 2.27. The van der Waals surface area contributed by atoms with Gasteiger partial charge in [0.15, 0.2) is 11.8 Å². The summed E-state index contributed by atoms with van der Waals surface area (Å²) in [7, 11) is 0. The third-order valence-electron chi connectivity index (χ3n) is 3.33. The lowest BCUT2D eigenvalue weighted by Crippen LogP contribution is -2.43. The maximum absolute atomic E-state index is 12.1. The number of allylic oxidation sites excluding steroid dienone is 1. The van der Waals surface area contributed by atoms with Gasteiger partial charge in [-0.1, -0.05) is 6.08 Å². The zero-order chi connectivity index (χ0) is 16.3. The first kappa shape index (κ1) is 16.8. The van der Waals surface area contributed by atoms with Gasteiger partial charge < -0.3 is 19.3 Å². The predicted molar refractivity (Wildman–Crippen MR) is 89.1 cm³/mol. The van der Waals surface area contributed by atoms with Gasteiger partial charge in [-0.15, -0.1) is 12.6 Å². The van der Waals surface area contributed by atoms with Crippen molar-refractivity contribution in [3.8, 4) is 0 Å². The molecule has 0 saturated heterocycles. The Morgan fingerprint density at radius 2 is 2.23 bits per heavy atom. The van der Waals surface area contributed by atoms with Crippen molar-refractivity contribution in [2.75, 3.05) is 13.3 Å². The highest BCUT2D eigenvalue weighted by molar-refractivity contribution is 7.84. The number of amides is 1. The van der Waals surface area contributed by atoms with Gasteiger partial charge in [0.05, 0.1) is 12.2 Å². The summed E-state index contributed by atoms with van der Waals surface area (Å²) in [6.45, 7) is 8.79.